The minimum absolute atomic E-state index is 0.317. The minimum atomic E-state index is 0.317. The fourth-order valence-electron chi connectivity index (χ4n) is 0.853. The van der Waals surface area contributed by atoms with Crippen molar-refractivity contribution in [1.29, 1.82) is 0 Å². The first-order valence-corrected chi connectivity index (χ1v) is 5.09. The Morgan fingerprint density at radius 1 is 1.07 bits per heavy atom. The first-order valence-electron chi connectivity index (χ1n) is 4.34. The number of hydrogen-bond acceptors (Lipinski definition) is 2. The topological polar surface area (TPSA) is 25.8 Å². The van der Waals surface area contributed by atoms with Crippen molar-refractivity contribution in [3.63, 3.8) is 0 Å². The number of hydrogen-bond donors (Lipinski definition) is 0. The van der Waals surface area contributed by atoms with E-state index in [9.17, 15) is 0 Å². The Morgan fingerprint density at radius 2 is 1.73 bits per heavy atom. The minimum Gasteiger partial charge on any atom is -0.156 e. The van der Waals surface area contributed by atoms with Gasteiger partial charge < -0.3 is 0 Å². The maximum absolute atomic E-state index is 5.46. The van der Waals surface area contributed by atoms with Gasteiger partial charge in [0.25, 0.3) is 0 Å². The lowest BCUT2D eigenvalue weighted by Gasteiger charge is -1.84. The Hall–Kier alpha value is -1.12. The molecule has 2 rings (SSSR count). The van der Waals surface area contributed by atoms with Gasteiger partial charge in [0, 0.05) is 0 Å². The van der Waals surface area contributed by atoms with Crippen molar-refractivity contribution in [1.82, 2.24) is 10.2 Å². The summed E-state index contributed by atoms with van der Waals surface area (Å²) in [6, 6.07) is 11.8. The lowest BCUT2D eigenvalue weighted by molar-refractivity contribution is 1.03. The van der Waals surface area contributed by atoms with Crippen LogP contribution in [0.4, 0.5) is 0 Å². The Labute approximate surface area is 98.9 Å². The summed E-state index contributed by atoms with van der Waals surface area (Å²) in [5.74, 6) is 0. The molecule has 2 nitrogen and oxygen atoms in total. The molecule has 0 bridgehead atoms. The summed E-state index contributed by atoms with van der Waals surface area (Å²) < 4.78 is 0. The number of rotatable bonds is 0. The van der Waals surface area contributed by atoms with Gasteiger partial charge in [0.15, 0.2) is 5.15 Å². The molecule has 0 spiro atoms. The molecule has 1 aromatic carbocycles. The molecule has 0 aliphatic rings. The second-order valence-electron chi connectivity index (χ2n) is 2.85. The average Bonchev–Trinajstić information content (AvgIpc) is 2.19. The van der Waals surface area contributed by atoms with Crippen LogP contribution >= 0.6 is 23.2 Å². The highest BCUT2D eigenvalue weighted by Gasteiger charge is 1.88. The summed E-state index contributed by atoms with van der Waals surface area (Å²) in [5, 5.41) is 7.76. The average molecular weight is 241 g/mol. The lowest BCUT2D eigenvalue weighted by atomic mass is 10.2. The van der Waals surface area contributed by atoms with Gasteiger partial charge in [0.1, 0.15) is 0 Å². The van der Waals surface area contributed by atoms with Crippen LogP contribution in [-0.2, 0) is 0 Å². The van der Waals surface area contributed by atoms with Crippen LogP contribution in [0.5, 0.6) is 0 Å². The number of halogens is 2. The largest absolute Gasteiger partial charge is 0.156 e. The van der Waals surface area contributed by atoms with E-state index in [1.54, 1.807) is 0 Å². The molecular formula is C11H10Cl2N2. The van der Waals surface area contributed by atoms with Crippen molar-refractivity contribution < 1.29 is 0 Å². The third-order valence-corrected chi connectivity index (χ3v) is 1.92. The zero-order chi connectivity index (χ0) is 11.1. The van der Waals surface area contributed by atoms with E-state index in [0.717, 1.165) is 0 Å². The van der Waals surface area contributed by atoms with Gasteiger partial charge in [-0.1, -0.05) is 59.1 Å². The predicted molar refractivity (Wildman–Crippen MR) is 63.2 cm³/mol. The van der Waals surface area contributed by atoms with Crippen molar-refractivity contribution in [2.24, 2.45) is 0 Å². The van der Waals surface area contributed by atoms with Gasteiger partial charge >= 0.3 is 0 Å². The predicted octanol–water partition coefficient (Wildman–Crippen LogP) is 3.78. The first kappa shape index (κ1) is 12.0. The molecule has 0 amide bonds. The van der Waals surface area contributed by atoms with Crippen LogP contribution in [0.2, 0.25) is 10.2 Å². The molecule has 0 saturated heterocycles. The van der Waals surface area contributed by atoms with Crippen LogP contribution in [0.15, 0.2) is 42.6 Å². The normalized spacial score (nSPS) is 9.00. The molecule has 0 radical (unpaired) electrons. The standard InChI is InChI=1S/C7H8.C4H2Cl2N2/c1-7-5-3-2-4-6-7;5-3-1-4(6)8-7-2-3/h2-6H,1H3;1-2H. The maximum Gasteiger partial charge on any atom is 0.153 e. The highest BCUT2D eigenvalue weighted by atomic mass is 35.5. The molecular weight excluding hydrogens is 231 g/mol. The lowest BCUT2D eigenvalue weighted by Crippen LogP contribution is -1.77. The Bertz CT molecular complexity index is 387. The monoisotopic (exact) mass is 240 g/mol. The third-order valence-electron chi connectivity index (χ3n) is 1.53. The molecule has 2 aromatic rings. The van der Waals surface area contributed by atoms with E-state index < -0.39 is 0 Å². The van der Waals surface area contributed by atoms with Gasteiger partial charge in [0.2, 0.25) is 0 Å². The summed E-state index contributed by atoms with van der Waals surface area (Å²) in [4.78, 5) is 0. The van der Waals surface area contributed by atoms with Crippen molar-refractivity contribution in [2.75, 3.05) is 0 Å². The van der Waals surface area contributed by atoms with E-state index in [0.29, 0.717) is 10.2 Å². The zero-order valence-electron chi connectivity index (χ0n) is 8.19. The number of aryl methyl sites for hydroxylation is 1. The van der Waals surface area contributed by atoms with Gasteiger partial charge in [-0.3, -0.25) is 0 Å². The molecule has 78 valence electrons. The van der Waals surface area contributed by atoms with Gasteiger partial charge in [-0.05, 0) is 13.0 Å². The van der Waals surface area contributed by atoms with E-state index >= 15 is 0 Å². The van der Waals surface area contributed by atoms with E-state index in [4.69, 9.17) is 23.2 Å². The van der Waals surface area contributed by atoms with Crippen molar-refractivity contribution in [3.05, 3.63) is 58.3 Å². The summed E-state index contributed by atoms with van der Waals surface area (Å²) in [6.45, 7) is 2.08. The summed E-state index contributed by atoms with van der Waals surface area (Å²) in [5.41, 5.74) is 1.32. The second-order valence-corrected chi connectivity index (χ2v) is 3.67. The third kappa shape index (κ3) is 5.35. The van der Waals surface area contributed by atoms with Crippen LogP contribution in [0.25, 0.3) is 0 Å². The summed E-state index contributed by atoms with van der Waals surface area (Å²) in [6.07, 6.45) is 1.42. The van der Waals surface area contributed by atoms with E-state index in [1.807, 2.05) is 18.2 Å². The van der Waals surface area contributed by atoms with E-state index in [1.165, 1.54) is 17.8 Å². The SMILES string of the molecule is Cc1ccccc1.Clc1cnnc(Cl)c1. The maximum atomic E-state index is 5.46. The summed E-state index contributed by atoms with van der Waals surface area (Å²) in [7, 11) is 0. The highest BCUT2D eigenvalue weighted by Crippen LogP contribution is 2.09. The van der Waals surface area contributed by atoms with Crippen LogP contribution < -0.4 is 0 Å². The molecule has 1 aromatic heterocycles. The van der Waals surface area contributed by atoms with Gasteiger partial charge in [0.05, 0.1) is 11.2 Å². The van der Waals surface area contributed by atoms with E-state index in [2.05, 4.69) is 29.3 Å². The Kier molecular flexibility index (Phi) is 5.08. The highest BCUT2D eigenvalue weighted by molar-refractivity contribution is 6.33. The van der Waals surface area contributed by atoms with Crippen molar-refractivity contribution >= 4 is 23.2 Å². The van der Waals surface area contributed by atoms with E-state index in [-0.39, 0.29) is 0 Å². The number of benzene rings is 1. The quantitative estimate of drug-likeness (QED) is 0.701. The van der Waals surface area contributed by atoms with Gasteiger partial charge in [-0.25, -0.2) is 0 Å². The number of aromatic nitrogens is 2. The van der Waals surface area contributed by atoms with Crippen LogP contribution in [0, 0.1) is 6.92 Å². The molecule has 0 saturated carbocycles. The fraction of sp³-hybridized carbons (Fsp3) is 0.0909. The Morgan fingerprint density at radius 3 is 2.07 bits per heavy atom. The summed E-state index contributed by atoms with van der Waals surface area (Å²) >= 11 is 10.8. The van der Waals surface area contributed by atoms with Crippen LogP contribution in [0.3, 0.4) is 0 Å². The zero-order valence-corrected chi connectivity index (χ0v) is 9.70. The second kappa shape index (κ2) is 6.38. The molecule has 0 aliphatic heterocycles. The molecule has 0 fully saturated rings. The van der Waals surface area contributed by atoms with Crippen LogP contribution in [0.1, 0.15) is 5.56 Å². The number of nitrogens with zero attached hydrogens (tertiary/aromatic N) is 2. The molecule has 0 N–H and O–H groups in total. The molecule has 0 unspecified atom stereocenters. The Balaban J connectivity index is 0.000000151. The molecule has 4 heteroatoms. The molecule has 0 atom stereocenters. The smallest absolute Gasteiger partial charge is 0.153 e. The van der Waals surface area contributed by atoms with Crippen LogP contribution in [-0.4, -0.2) is 10.2 Å². The molecule has 15 heavy (non-hydrogen) atoms. The first-order chi connectivity index (χ1) is 7.18. The molecule has 0 aliphatic carbocycles. The fourth-order valence-corrected chi connectivity index (χ4v) is 1.22. The van der Waals surface area contributed by atoms with Gasteiger partial charge in [-0.2, -0.15) is 5.10 Å². The molecule has 1 heterocycles. The van der Waals surface area contributed by atoms with Gasteiger partial charge in [-0.15, -0.1) is 5.10 Å². The van der Waals surface area contributed by atoms with Crippen molar-refractivity contribution in [2.45, 2.75) is 6.92 Å². The van der Waals surface area contributed by atoms with Crippen molar-refractivity contribution in [3.8, 4) is 0 Å².